The van der Waals surface area contributed by atoms with Gasteiger partial charge in [-0.3, -0.25) is 14.5 Å². The Morgan fingerprint density at radius 1 is 1.06 bits per heavy atom. The Morgan fingerprint density at radius 2 is 1.84 bits per heavy atom. The molecule has 0 aliphatic heterocycles. The highest BCUT2D eigenvalue weighted by atomic mass is 32.1. The molecule has 0 saturated heterocycles. The Morgan fingerprint density at radius 3 is 2.52 bits per heavy atom. The van der Waals surface area contributed by atoms with Crippen LogP contribution in [0.1, 0.15) is 27.7 Å². The summed E-state index contributed by atoms with van der Waals surface area (Å²) in [6.45, 7) is 10.6. The van der Waals surface area contributed by atoms with Crippen molar-refractivity contribution in [3.63, 3.8) is 0 Å². The van der Waals surface area contributed by atoms with Crippen LogP contribution in [0, 0.1) is 0 Å². The van der Waals surface area contributed by atoms with Crippen molar-refractivity contribution >= 4 is 40.0 Å². The summed E-state index contributed by atoms with van der Waals surface area (Å²) in [5.74, 6) is 1.24. The summed E-state index contributed by atoms with van der Waals surface area (Å²) in [5.41, 5.74) is 3.44. The molecule has 0 amide bonds. The fraction of sp³-hybridized carbons (Fsp3) is 0.364. The summed E-state index contributed by atoms with van der Waals surface area (Å²) in [4.78, 5) is 20.6. The van der Waals surface area contributed by atoms with Crippen molar-refractivity contribution in [2.75, 3.05) is 23.7 Å². The zero-order valence-corrected chi connectivity index (χ0v) is 19.1. The summed E-state index contributed by atoms with van der Waals surface area (Å²) in [5, 5.41) is 10.9. The lowest BCUT2D eigenvalue weighted by Crippen LogP contribution is -2.40. The minimum atomic E-state index is 0.480. The van der Waals surface area contributed by atoms with E-state index in [1.54, 1.807) is 30.1 Å². The number of rotatable bonds is 9. The molecule has 31 heavy (non-hydrogen) atoms. The number of hydrogen-bond donors (Lipinski definition) is 2. The van der Waals surface area contributed by atoms with E-state index in [2.05, 4.69) is 64.6 Å². The highest BCUT2D eigenvalue weighted by Gasteiger charge is 2.16. The number of nitrogens with one attached hydrogen (secondary N) is 2. The van der Waals surface area contributed by atoms with Gasteiger partial charge >= 0.3 is 0 Å². The van der Waals surface area contributed by atoms with Crippen LogP contribution in [-0.2, 0) is 0 Å². The maximum atomic E-state index is 4.76. The third-order valence-corrected chi connectivity index (χ3v) is 5.78. The Bertz CT molecular complexity index is 1100. The van der Waals surface area contributed by atoms with E-state index in [-0.39, 0.29) is 0 Å². The topological polar surface area (TPSA) is 83.8 Å². The summed E-state index contributed by atoms with van der Waals surface area (Å²) in [6.07, 6.45) is 5.28. The highest BCUT2D eigenvalue weighted by molar-refractivity contribution is 7.08. The molecule has 0 unspecified atom stereocenters. The standard InChI is InChI=1S/C22H28N8S/c1-15(2)29(16(3)4)11-10-24-20-19-21(30(14-25-19)18-7-12-31-13-18)28-22(27-20)26-17-5-8-23-9-6-17/h5-9,12-16H,10-11H2,1-4H3,(H2,23,24,26,27,28). The van der Waals surface area contributed by atoms with Gasteiger partial charge in [-0.2, -0.15) is 21.3 Å². The lowest BCUT2D eigenvalue weighted by molar-refractivity contribution is 0.182. The first-order valence-corrected chi connectivity index (χ1v) is 11.4. The van der Waals surface area contributed by atoms with Gasteiger partial charge in [0.1, 0.15) is 6.33 Å². The van der Waals surface area contributed by atoms with E-state index in [4.69, 9.17) is 9.97 Å². The SMILES string of the molecule is CC(C)N(CCNc1nc(Nc2ccncc2)nc2c1ncn2-c1ccsc1)C(C)C. The van der Waals surface area contributed by atoms with Crippen molar-refractivity contribution in [1.29, 1.82) is 0 Å². The average molecular weight is 437 g/mol. The highest BCUT2D eigenvalue weighted by Crippen LogP contribution is 2.25. The van der Waals surface area contributed by atoms with Crippen LogP contribution in [0.2, 0.25) is 0 Å². The fourth-order valence-corrected chi connectivity index (χ4v) is 4.27. The first-order valence-electron chi connectivity index (χ1n) is 10.5. The van der Waals surface area contributed by atoms with Crippen molar-refractivity contribution in [3.8, 4) is 5.69 Å². The number of hydrogen-bond acceptors (Lipinski definition) is 8. The summed E-state index contributed by atoms with van der Waals surface area (Å²) >= 11 is 1.64. The molecule has 4 aromatic rings. The lowest BCUT2D eigenvalue weighted by Gasteiger charge is -2.30. The van der Waals surface area contributed by atoms with Gasteiger partial charge in [-0.05, 0) is 51.3 Å². The van der Waals surface area contributed by atoms with Crippen molar-refractivity contribution in [2.45, 2.75) is 39.8 Å². The van der Waals surface area contributed by atoms with Gasteiger partial charge in [0.05, 0.1) is 5.69 Å². The molecule has 4 rings (SSSR count). The molecule has 9 heteroatoms. The van der Waals surface area contributed by atoms with Crippen LogP contribution in [0.5, 0.6) is 0 Å². The molecule has 0 saturated carbocycles. The third-order valence-electron chi connectivity index (χ3n) is 5.11. The predicted octanol–water partition coefficient (Wildman–Crippen LogP) is 4.55. The molecule has 8 nitrogen and oxygen atoms in total. The summed E-state index contributed by atoms with van der Waals surface area (Å²) < 4.78 is 1.99. The Labute approximate surface area is 186 Å². The number of nitrogens with zero attached hydrogens (tertiary/aromatic N) is 6. The normalized spacial score (nSPS) is 11.7. The molecule has 162 valence electrons. The Balaban J connectivity index is 1.66. The smallest absolute Gasteiger partial charge is 0.231 e. The lowest BCUT2D eigenvalue weighted by atomic mass is 10.2. The molecule has 0 fully saturated rings. The minimum absolute atomic E-state index is 0.480. The van der Waals surface area contributed by atoms with Gasteiger partial charge in [-0.25, -0.2) is 4.98 Å². The Kier molecular flexibility index (Phi) is 6.43. The summed E-state index contributed by atoms with van der Waals surface area (Å²) in [7, 11) is 0. The van der Waals surface area contributed by atoms with E-state index < -0.39 is 0 Å². The number of pyridine rings is 1. The van der Waals surface area contributed by atoms with Crippen LogP contribution in [0.15, 0.2) is 47.7 Å². The summed E-state index contributed by atoms with van der Waals surface area (Å²) in [6, 6.07) is 6.79. The maximum Gasteiger partial charge on any atom is 0.231 e. The third kappa shape index (κ3) is 4.83. The van der Waals surface area contributed by atoms with Crippen molar-refractivity contribution < 1.29 is 0 Å². The van der Waals surface area contributed by atoms with Crippen LogP contribution < -0.4 is 10.6 Å². The molecular weight excluding hydrogens is 408 g/mol. The van der Waals surface area contributed by atoms with E-state index in [0.29, 0.717) is 18.0 Å². The first-order chi connectivity index (χ1) is 15.0. The number of thiophene rings is 1. The molecule has 0 spiro atoms. The van der Waals surface area contributed by atoms with Crippen LogP contribution in [-0.4, -0.2) is 54.6 Å². The zero-order valence-electron chi connectivity index (χ0n) is 18.3. The fourth-order valence-electron chi connectivity index (χ4n) is 3.64. The van der Waals surface area contributed by atoms with Crippen molar-refractivity contribution in [3.05, 3.63) is 47.7 Å². The van der Waals surface area contributed by atoms with Gasteiger partial charge in [-0.1, -0.05) is 0 Å². The van der Waals surface area contributed by atoms with E-state index in [0.717, 1.165) is 41.4 Å². The monoisotopic (exact) mass is 436 g/mol. The van der Waals surface area contributed by atoms with E-state index in [1.165, 1.54) is 0 Å². The van der Waals surface area contributed by atoms with Crippen LogP contribution in [0.25, 0.3) is 16.9 Å². The van der Waals surface area contributed by atoms with Crippen LogP contribution in [0.4, 0.5) is 17.5 Å². The van der Waals surface area contributed by atoms with Crippen LogP contribution >= 0.6 is 11.3 Å². The number of imidazole rings is 1. The van der Waals surface area contributed by atoms with Gasteiger partial charge in [0.15, 0.2) is 17.0 Å². The van der Waals surface area contributed by atoms with E-state index in [9.17, 15) is 0 Å². The number of aromatic nitrogens is 5. The zero-order chi connectivity index (χ0) is 21.8. The van der Waals surface area contributed by atoms with E-state index >= 15 is 0 Å². The quantitative estimate of drug-likeness (QED) is 0.398. The average Bonchev–Trinajstić information content (AvgIpc) is 3.41. The minimum Gasteiger partial charge on any atom is -0.367 e. The molecule has 4 heterocycles. The van der Waals surface area contributed by atoms with Gasteiger partial charge < -0.3 is 10.6 Å². The second-order valence-electron chi connectivity index (χ2n) is 7.88. The first kappa shape index (κ1) is 21.2. The van der Waals surface area contributed by atoms with E-state index in [1.807, 2.05) is 22.1 Å². The van der Waals surface area contributed by atoms with Gasteiger partial charge in [0.25, 0.3) is 0 Å². The molecule has 2 N–H and O–H groups in total. The molecule has 0 radical (unpaired) electrons. The molecule has 0 aliphatic carbocycles. The number of anilines is 3. The van der Waals surface area contributed by atoms with Gasteiger partial charge in [-0.15, -0.1) is 0 Å². The molecule has 0 atom stereocenters. The van der Waals surface area contributed by atoms with Gasteiger partial charge in [0, 0.05) is 48.6 Å². The Hall–Kier alpha value is -3.04. The second kappa shape index (κ2) is 9.40. The second-order valence-corrected chi connectivity index (χ2v) is 8.66. The maximum absolute atomic E-state index is 4.76. The molecular formula is C22H28N8S. The number of fused-ring (bicyclic) bond motifs is 1. The van der Waals surface area contributed by atoms with Crippen LogP contribution in [0.3, 0.4) is 0 Å². The molecule has 0 aromatic carbocycles. The molecule has 4 aromatic heterocycles. The molecule has 0 aliphatic rings. The largest absolute Gasteiger partial charge is 0.367 e. The predicted molar refractivity (Wildman–Crippen MR) is 128 cm³/mol. The van der Waals surface area contributed by atoms with Crippen molar-refractivity contribution in [1.82, 2.24) is 29.4 Å². The van der Waals surface area contributed by atoms with Crippen molar-refractivity contribution in [2.24, 2.45) is 0 Å². The molecule has 0 bridgehead atoms. The van der Waals surface area contributed by atoms with Gasteiger partial charge in [0.2, 0.25) is 5.95 Å².